The van der Waals surface area contributed by atoms with Crippen LogP contribution in [-0.4, -0.2) is 42.4 Å². The summed E-state index contributed by atoms with van der Waals surface area (Å²) in [5.41, 5.74) is -0.803. The lowest BCUT2D eigenvalue weighted by Crippen LogP contribution is -2.53. The molecule has 1 aliphatic heterocycles. The fourth-order valence-corrected chi connectivity index (χ4v) is 2.08. The molecule has 1 amide bonds. The monoisotopic (exact) mass is 327 g/mol. The van der Waals surface area contributed by atoms with Gasteiger partial charge in [-0.05, 0) is 34.6 Å². The predicted molar refractivity (Wildman–Crippen MR) is 73.3 cm³/mol. The Kier molecular flexibility index (Phi) is 5.39. The van der Waals surface area contributed by atoms with Crippen LogP contribution in [0.25, 0.3) is 0 Å². The van der Waals surface area contributed by atoms with Crippen molar-refractivity contribution in [3.05, 3.63) is 0 Å². The minimum Gasteiger partial charge on any atom is -0.444 e. The van der Waals surface area contributed by atoms with Gasteiger partial charge >= 0.3 is 12.3 Å². The summed E-state index contributed by atoms with van der Waals surface area (Å²) < 4.78 is 54.9. The zero-order valence-corrected chi connectivity index (χ0v) is 13.7. The van der Waals surface area contributed by atoms with Gasteiger partial charge in [0.2, 0.25) is 0 Å². The van der Waals surface area contributed by atoms with E-state index < -0.39 is 41.7 Å². The third-order valence-electron chi connectivity index (χ3n) is 3.17. The molecule has 0 aliphatic carbocycles. The Balaban J connectivity index is 2.86. The van der Waals surface area contributed by atoms with Crippen molar-refractivity contribution in [1.82, 2.24) is 5.32 Å². The molecule has 1 saturated heterocycles. The average molecular weight is 327 g/mol. The number of carbonyl (C=O) groups excluding carboxylic acids is 1. The summed E-state index contributed by atoms with van der Waals surface area (Å²) >= 11 is 0. The molecule has 0 unspecified atom stereocenters. The van der Waals surface area contributed by atoms with Gasteiger partial charge in [-0.15, -0.1) is 0 Å². The molecule has 0 aromatic carbocycles. The van der Waals surface area contributed by atoms with Crippen LogP contribution < -0.4 is 5.32 Å². The molecule has 1 heterocycles. The molecule has 0 saturated carbocycles. The van der Waals surface area contributed by atoms with Crippen molar-refractivity contribution in [3.63, 3.8) is 0 Å². The van der Waals surface area contributed by atoms with Crippen molar-refractivity contribution >= 4 is 6.09 Å². The number of carbonyl (C=O) groups is 1. The number of amides is 1. The highest BCUT2D eigenvalue weighted by Crippen LogP contribution is 2.34. The summed E-state index contributed by atoms with van der Waals surface area (Å²) in [5, 5.41) is 2.27. The summed E-state index contributed by atoms with van der Waals surface area (Å²) in [7, 11) is 0. The molecular formula is C14H24F3NO4. The molecule has 22 heavy (non-hydrogen) atoms. The maximum atomic E-state index is 13.0. The van der Waals surface area contributed by atoms with Gasteiger partial charge in [-0.2, -0.15) is 13.2 Å². The number of alkyl halides is 3. The maximum Gasteiger partial charge on any atom is 0.407 e. The fourth-order valence-electron chi connectivity index (χ4n) is 2.08. The summed E-state index contributed by atoms with van der Waals surface area (Å²) in [6.07, 6.45) is -6.29. The second-order valence-corrected chi connectivity index (χ2v) is 6.87. The zero-order chi connectivity index (χ0) is 17.3. The van der Waals surface area contributed by atoms with Crippen LogP contribution in [-0.2, 0) is 14.2 Å². The zero-order valence-electron chi connectivity index (χ0n) is 13.7. The Hall–Kier alpha value is -1.02. The smallest absolute Gasteiger partial charge is 0.407 e. The number of ether oxygens (including phenoxy) is 3. The van der Waals surface area contributed by atoms with Gasteiger partial charge in [0.05, 0.1) is 18.6 Å². The number of nitrogens with one attached hydrogen (secondary N) is 1. The molecular weight excluding hydrogens is 303 g/mol. The largest absolute Gasteiger partial charge is 0.444 e. The van der Waals surface area contributed by atoms with E-state index in [9.17, 15) is 18.0 Å². The van der Waals surface area contributed by atoms with Gasteiger partial charge in [0.1, 0.15) is 11.7 Å². The molecule has 0 spiro atoms. The minimum absolute atomic E-state index is 0.0338. The van der Waals surface area contributed by atoms with E-state index >= 15 is 0 Å². The molecule has 0 bridgehead atoms. The molecule has 1 aliphatic rings. The first-order valence-electron chi connectivity index (χ1n) is 7.09. The molecule has 3 atom stereocenters. The van der Waals surface area contributed by atoms with E-state index in [2.05, 4.69) is 5.32 Å². The Bertz CT molecular complexity index is 404. The lowest BCUT2D eigenvalue weighted by molar-refractivity contribution is -0.192. The van der Waals surface area contributed by atoms with Crippen LogP contribution in [0.4, 0.5) is 18.0 Å². The third-order valence-corrected chi connectivity index (χ3v) is 3.17. The molecule has 8 heteroatoms. The van der Waals surface area contributed by atoms with E-state index in [1.165, 1.54) is 0 Å². The minimum atomic E-state index is -4.48. The predicted octanol–water partition coefficient (Wildman–Crippen LogP) is 3.23. The van der Waals surface area contributed by atoms with Gasteiger partial charge in [-0.3, -0.25) is 0 Å². The fraction of sp³-hybridized carbons (Fsp3) is 0.929. The van der Waals surface area contributed by atoms with Crippen LogP contribution >= 0.6 is 0 Å². The number of alkyl carbamates (subject to hydrolysis) is 1. The number of hydrogen-bond donors (Lipinski definition) is 1. The molecule has 1 rings (SSSR count). The molecule has 130 valence electrons. The normalized spacial score (nSPS) is 24.7. The van der Waals surface area contributed by atoms with Gasteiger partial charge < -0.3 is 19.5 Å². The van der Waals surface area contributed by atoms with Gasteiger partial charge in [-0.1, -0.05) is 6.92 Å². The number of rotatable bonds is 3. The molecule has 5 nitrogen and oxygen atoms in total. The van der Waals surface area contributed by atoms with Crippen LogP contribution in [0.5, 0.6) is 0 Å². The van der Waals surface area contributed by atoms with E-state index in [0.717, 1.165) is 6.92 Å². The molecule has 1 fully saturated rings. The topological polar surface area (TPSA) is 56.8 Å². The first kappa shape index (κ1) is 19.0. The van der Waals surface area contributed by atoms with Crippen molar-refractivity contribution in [2.24, 2.45) is 5.92 Å². The highest BCUT2D eigenvalue weighted by atomic mass is 19.4. The highest BCUT2D eigenvalue weighted by molar-refractivity contribution is 5.68. The van der Waals surface area contributed by atoms with Crippen molar-refractivity contribution < 1.29 is 32.2 Å². The Labute approximate surface area is 128 Å². The van der Waals surface area contributed by atoms with E-state index in [1.807, 2.05) is 0 Å². The first-order valence-corrected chi connectivity index (χ1v) is 7.09. The summed E-state index contributed by atoms with van der Waals surface area (Å²) in [5.74, 6) is -2.79. The van der Waals surface area contributed by atoms with Crippen LogP contribution in [0.15, 0.2) is 0 Å². The molecule has 0 aromatic heterocycles. The van der Waals surface area contributed by atoms with Gasteiger partial charge in [-0.25, -0.2) is 4.79 Å². The second-order valence-electron chi connectivity index (χ2n) is 6.87. The summed E-state index contributed by atoms with van der Waals surface area (Å²) in [4.78, 5) is 11.8. The van der Waals surface area contributed by atoms with Gasteiger partial charge in [0, 0.05) is 0 Å². The number of hydrogen-bond acceptors (Lipinski definition) is 4. The van der Waals surface area contributed by atoms with Crippen LogP contribution in [0.2, 0.25) is 0 Å². The molecule has 0 radical (unpaired) electrons. The van der Waals surface area contributed by atoms with Crippen LogP contribution in [0.1, 0.15) is 41.5 Å². The van der Waals surface area contributed by atoms with E-state index in [1.54, 1.807) is 34.6 Å². The van der Waals surface area contributed by atoms with E-state index in [4.69, 9.17) is 14.2 Å². The molecule has 1 N–H and O–H groups in total. The highest BCUT2D eigenvalue weighted by Gasteiger charge is 2.49. The van der Waals surface area contributed by atoms with Gasteiger partial charge in [0.25, 0.3) is 0 Å². The Morgan fingerprint density at radius 1 is 1.32 bits per heavy atom. The lowest BCUT2D eigenvalue weighted by atomic mass is 9.96. The first-order chi connectivity index (χ1) is 9.71. The SMILES string of the molecule is C[C@@H]([C@@H](NC(=O)OC(C)(C)C)[C@H]1COC(C)(C)O1)C(F)(F)F. The quantitative estimate of drug-likeness (QED) is 0.865. The molecule has 0 aromatic rings. The van der Waals surface area contributed by atoms with Crippen molar-refractivity contribution in [3.8, 4) is 0 Å². The summed E-state index contributed by atoms with van der Waals surface area (Å²) in [6.45, 7) is 9.07. The number of halogens is 3. The van der Waals surface area contributed by atoms with E-state index in [-0.39, 0.29) is 6.61 Å². The van der Waals surface area contributed by atoms with E-state index in [0.29, 0.717) is 0 Å². The Morgan fingerprint density at radius 2 is 1.86 bits per heavy atom. The average Bonchev–Trinajstić information content (AvgIpc) is 2.61. The van der Waals surface area contributed by atoms with Crippen molar-refractivity contribution in [2.45, 2.75) is 71.3 Å². The standard InChI is InChI=1S/C14H24F3NO4/c1-8(14(15,16)17)10(9-7-20-13(5,6)21-9)18-11(19)22-12(2,3)4/h8-10H,7H2,1-6H3,(H,18,19)/t8-,9+,10+/m0/s1. The van der Waals surface area contributed by atoms with Crippen molar-refractivity contribution in [1.29, 1.82) is 0 Å². The van der Waals surface area contributed by atoms with Crippen LogP contribution in [0, 0.1) is 5.92 Å². The lowest BCUT2D eigenvalue weighted by Gasteiger charge is -2.32. The van der Waals surface area contributed by atoms with Crippen molar-refractivity contribution in [2.75, 3.05) is 6.61 Å². The second kappa shape index (κ2) is 6.23. The Morgan fingerprint density at radius 3 is 2.23 bits per heavy atom. The summed E-state index contributed by atoms with van der Waals surface area (Å²) in [6, 6.07) is -1.29. The third kappa shape index (κ3) is 5.64. The maximum absolute atomic E-state index is 13.0. The van der Waals surface area contributed by atoms with Crippen LogP contribution in [0.3, 0.4) is 0 Å². The van der Waals surface area contributed by atoms with Gasteiger partial charge in [0.15, 0.2) is 5.79 Å².